The summed E-state index contributed by atoms with van der Waals surface area (Å²) in [5, 5.41) is 2.21. The molecule has 0 aliphatic heterocycles. The third-order valence-corrected chi connectivity index (χ3v) is 3.03. The normalized spacial score (nSPS) is 11.1. The summed E-state index contributed by atoms with van der Waals surface area (Å²) >= 11 is 0. The molecule has 4 N–H and O–H groups in total. The molecule has 3 rings (SSSR count). The van der Waals surface area contributed by atoms with Gasteiger partial charge in [-0.1, -0.05) is 6.58 Å². The number of rotatable bonds is 1. The summed E-state index contributed by atoms with van der Waals surface area (Å²) in [6.07, 6.45) is 1.80. The number of aromatic nitrogens is 1. The van der Waals surface area contributed by atoms with Gasteiger partial charge in [0.05, 0.1) is 11.0 Å². The van der Waals surface area contributed by atoms with E-state index in [4.69, 9.17) is 11.5 Å². The Labute approximate surface area is 98.9 Å². The maximum atomic E-state index is 5.84. The van der Waals surface area contributed by atoms with Crippen LogP contribution in [0.2, 0.25) is 0 Å². The van der Waals surface area contributed by atoms with E-state index in [2.05, 4.69) is 6.58 Å². The first kappa shape index (κ1) is 9.78. The molecule has 84 valence electrons. The Hall–Kier alpha value is -2.42. The van der Waals surface area contributed by atoms with Gasteiger partial charge in [-0.05, 0) is 36.4 Å². The van der Waals surface area contributed by atoms with Crippen LogP contribution in [-0.2, 0) is 0 Å². The number of nitrogens with two attached hydrogens (primary N) is 2. The third kappa shape index (κ3) is 1.29. The topological polar surface area (TPSA) is 57.0 Å². The van der Waals surface area contributed by atoms with Crippen molar-refractivity contribution >= 4 is 39.4 Å². The van der Waals surface area contributed by atoms with Gasteiger partial charge in [-0.3, -0.25) is 0 Å². The average Bonchev–Trinajstić information content (AvgIpc) is 2.62. The molecule has 3 nitrogen and oxygen atoms in total. The van der Waals surface area contributed by atoms with E-state index in [1.807, 2.05) is 41.0 Å². The molecule has 1 heterocycles. The Balaban J connectivity index is 2.61. The van der Waals surface area contributed by atoms with E-state index in [0.29, 0.717) is 0 Å². The van der Waals surface area contributed by atoms with Gasteiger partial charge >= 0.3 is 0 Å². The van der Waals surface area contributed by atoms with E-state index >= 15 is 0 Å². The minimum absolute atomic E-state index is 0.753. The second-order valence-corrected chi connectivity index (χ2v) is 4.11. The van der Waals surface area contributed by atoms with Crippen LogP contribution in [0, 0.1) is 0 Å². The first-order chi connectivity index (χ1) is 8.20. The Morgan fingerprint density at radius 2 is 1.35 bits per heavy atom. The summed E-state index contributed by atoms with van der Waals surface area (Å²) in [5.41, 5.74) is 15.4. The van der Waals surface area contributed by atoms with Crippen LogP contribution in [0.5, 0.6) is 0 Å². The highest BCUT2D eigenvalue weighted by atomic mass is 14.9. The minimum Gasteiger partial charge on any atom is -0.399 e. The predicted molar refractivity (Wildman–Crippen MR) is 74.7 cm³/mol. The molecule has 0 saturated carbocycles. The second kappa shape index (κ2) is 3.28. The highest BCUT2D eigenvalue weighted by molar-refractivity contribution is 6.11. The number of nitrogen functional groups attached to an aromatic ring is 2. The standard InChI is InChI=1S/C14H13N3/c1-2-17-13-5-3-9(15)7-11(13)12-8-10(16)4-6-14(12)17/h2-8H,1,15-16H2. The van der Waals surface area contributed by atoms with E-state index in [1.54, 1.807) is 6.20 Å². The highest BCUT2D eigenvalue weighted by Crippen LogP contribution is 2.31. The van der Waals surface area contributed by atoms with Gasteiger partial charge in [0.1, 0.15) is 0 Å². The quantitative estimate of drug-likeness (QED) is 0.623. The Morgan fingerprint density at radius 1 is 0.882 bits per heavy atom. The van der Waals surface area contributed by atoms with Gasteiger partial charge in [0.15, 0.2) is 0 Å². The van der Waals surface area contributed by atoms with Crippen molar-refractivity contribution in [3.8, 4) is 0 Å². The van der Waals surface area contributed by atoms with E-state index in [1.165, 1.54) is 0 Å². The summed E-state index contributed by atoms with van der Waals surface area (Å²) in [5.74, 6) is 0. The Bertz CT molecular complexity index is 679. The Kier molecular flexibility index (Phi) is 1.89. The molecule has 0 spiro atoms. The number of fused-ring (bicyclic) bond motifs is 3. The molecule has 0 aliphatic carbocycles. The molecule has 1 aromatic heterocycles. The lowest BCUT2D eigenvalue weighted by atomic mass is 10.1. The summed E-state index contributed by atoms with van der Waals surface area (Å²) in [7, 11) is 0. The summed E-state index contributed by atoms with van der Waals surface area (Å²) in [4.78, 5) is 0. The third-order valence-electron chi connectivity index (χ3n) is 3.03. The molecule has 0 atom stereocenters. The second-order valence-electron chi connectivity index (χ2n) is 4.11. The molecule has 0 amide bonds. The van der Waals surface area contributed by atoms with Crippen molar-refractivity contribution in [2.75, 3.05) is 11.5 Å². The van der Waals surface area contributed by atoms with Crippen molar-refractivity contribution in [2.24, 2.45) is 0 Å². The maximum Gasteiger partial charge on any atom is 0.0536 e. The molecule has 0 fully saturated rings. The molecule has 0 aliphatic rings. The number of hydrogen-bond acceptors (Lipinski definition) is 2. The van der Waals surface area contributed by atoms with E-state index in [9.17, 15) is 0 Å². The van der Waals surface area contributed by atoms with Crippen LogP contribution in [0.15, 0.2) is 43.0 Å². The van der Waals surface area contributed by atoms with Crippen LogP contribution in [0.1, 0.15) is 0 Å². The van der Waals surface area contributed by atoms with Crippen molar-refractivity contribution in [1.29, 1.82) is 0 Å². The summed E-state index contributed by atoms with van der Waals surface area (Å²) in [6.45, 7) is 3.85. The predicted octanol–water partition coefficient (Wildman–Crippen LogP) is 3.06. The fourth-order valence-corrected chi connectivity index (χ4v) is 2.29. The number of benzene rings is 2. The van der Waals surface area contributed by atoms with Crippen molar-refractivity contribution < 1.29 is 0 Å². The molecule has 3 aromatic rings. The SMILES string of the molecule is C=Cn1c2ccc(N)cc2c2cc(N)ccc21. The van der Waals surface area contributed by atoms with Gasteiger partial charge in [0, 0.05) is 28.3 Å². The zero-order valence-corrected chi connectivity index (χ0v) is 9.35. The lowest BCUT2D eigenvalue weighted by Gasteiger charge is -1.99. The molecule has 0 radical (unpaired) electrons. The number of anilines is 2. The molecular weight excluding hydrogens is 210 g/mol. The van der Waals surface area contributed by atoms with Crippen LogP contribution in [-0.4, -0.2) is 4.57 Å². The van der Waals surface area contributed by atoms with E-state index in [0.717, 1.165) is 33.2 Å². The van der Waals surface area contributed by atoms with Crippen LogP contribution in [0.25, 0.3) is 28.0 Å². The number of hydrogen-bond donors (Lipinski definition) is 2. The van der Waals surface area contributed by atoms with Crippen molar-refractivity contribution in [2.45, 2.75) is 0 Å². The molecule has 0 bridgehead atoms. The summed E-state index contributed by atoms with van der Waals surface area (Å²) < 4.78 is 2.05. The molecular formula is C14H13N3. The zero-order valence-electron chi connectivity index (χ0n) is 9.35. The zero-order chi connectivity index (χ0) is 12.0. The molecule has 0 unspecified atom stereocenters. The van der Waals surface area contributed by atoms with Crippen LogP contribution >= 0.6 is 0 Å². The van der Waals surface area contributed by atoms with Crippen molar-refractivity contribution in [1.82, 2.24) is 4.57 Å². The Morgan fingerprint density at radius 3 is 1.76 bits per heavy atom. The largest absolute Gasteiger partial charge is 0.399 e. The van der Waals surface area contributed by atoms with Gasteiger partial charge in [-0.25, -0.2) is 0 Å². The summed E-state index contributed by atoms with van der Waals surface area (Å²) in [6, 6.07) is 11.7. The van der Waals surface area contributed by atoms with Crippen LogP contribution in [0.4, 0.5) is 11.4 Å². The minimum atomic E-state index is 0.753. The van der Waals surface area contributed by atoms with Crippen molar-refractivity contribution in [3.05, 3.63) is 43.0 Å². The van der Waals surface area contributed by atoms with E-state index < -0.39 is 0 Å². The molecule has 17 heavy (non-hydrogen) atoms. The van der Waals surface area contributed by atoms with Gasteiger partial charge in [0.25, 0.3) is 0 Å². The van der Waals surface area contributed by atoms with Crippen molar-refractivity contribution in [3.63, 3.8) is 0 Å². The van der Waals surface area contributed by atoms with Gasteiger partial charge in [-0.15, -0.1) is 0 Å². The average molecular weight is 223 g/mol. The van der Waals surface area contributed by atoms with Gasteiger partial charge in [0.2, 0.25) is 0 Å². The molecule has 0 saturated heterocycles. The molecule has 2 aromatic carbocycles. The monoisotopic (exact) mass is 223 g/mol. The lowest BCUT2D eigenvalue weighted by Crippen LogP contribution is -1.86. The van der Waals surface area contributed by atoms with E-state index in [-0.39, 0.29) is 0 Å². The lowest BCUT2D eigenvalue weighted by molar-refractivity contribution is 1.30. The fraction of sp³-hybridized carbons (Fsp3) is 0. The maximum absolute atomic E-state index is 5.84. The molecule has 3 heteroatoms. The van der Waals surface area contributed by atoms with Crippen LogP contribution in [0.3, 0.4) is 0 Å². The van der Waals surface area contributed by atoms with Gasteiger partial charge in [-0.2, -0.15) is 0 Å². The highest BCUT2D eigenvalue weighted by Gasteiger charge is 2.08. The number of nitrogens with zero attached hydrogens (tertiary/aromatic N) is 1. The fourth-order valence-electron chi connectivity index (χ4n) is 2.29. The smallest absolute Gasteiger partial charge is 0.0536 e. The first-order valence-corrected chi connectivity index (χ1v) is 5.42. The first-order valence-electron chi connectivity index (χ1n) is 5.42. The van der Waals surface area contributed by atoms with Crippen LogP contribution < -0.4 is 11.5 Å². The van der Waals surface area contributed by atoms with Gasteiger partial charge < -0.3 is 16.0 Å².